The maximum absolute atomic E-state index is 5.90. The molecule has 0 bridgehead atoms. The van der Waals surface area contributed by atoms with Gasteiger partial charge in [-0.3, -0.25) is 10.00 Å². The standard InChI is InChI=1S/C19H23N5O/c1-2-6-15-14(5-1)17(22-21-15)13-23-9-11-24(12-10-23)19-20-16-7-3-4-8-18(16)25-19/h3-4,7-8H,1-2,5-6,9-13H2,(H,21,22). The van der Waals surface area contributed by atoms with Crippen LogP contribution in [0.2, 0.25) is 0 Å². The van der Waals surface area contributed by atoms with Crippen LogP contribution in [0.25, 0.3) is 11.1 Å². The summed E-state index contributed by atoms with van der Waals surface area (Å²) in [5.74, 6) is 0. The number of hydrogen-bond acceptors (Lipinski definition) is 5. The van der Waals surface area contributed by atoms with Gasteiger partial charge in [0.15, 0.2) is 5.58 Å². The summed E-state index contributed by atoms with van der Waals surface area (Å²) >= 11 is 0. The highest BCUT2D eigenvalue weighted by atomic mass is 16.4. The molecule has 0 atom stereocenters. The minimum Gasteiger partial charge on any atom is -0.423 e. The molecule has 1 N–H and O–H groups in total. The van der Waals surface area contributed by atoms with Crippen LogP contribution in [0, 0.1) is 0 Å². The summed E-state index contributed by atoms with van der Waals surface area (Å²) in [4.78, 5) is 9.36. The number of oxazole rings is 1. The number of nitrogens with one attached hydrogen (secondary N) is 1. The monoisotopic (exact) mass is 337 g/mol. The highest BCUT2D eigenvalue weighted by molar-refractivity contribution is 5.74. The first-order valence-corrected chi connectivity index (χ1v) is 9.25. The predicted molar refractivity (Wildman–Crippen MR) is 96.7 cm³/mol. The SMILES string of the molecule is c1ccc2oc(N3CCN(Cc4n[nH]c5c4CCCC5)CC3)nc2c1. The maximum atomic E-state index is 5.90. The Labute approximate surface area is 146 Å². The second kappa shape index (κ2) is 6.19. The van der Waals surface area contributed by atoms with Crippen molar-refractivity contribution >= 4 is 17.1 Å². The number of piperazine rings is 1. The third kappa shape index (κ3) is 2.80. The van der Waals surface area contributed by atoms with Crippen molar-refractivity contribution in [1.82, 2.24) is 20.1 Å². The van der Waals surface area contributed by atoms with E-state index in [1.54, 1.807) is 0 Å². The smallest absolute Gasteiger partial charge is 0.298 e. The Kier molecular flexibility index (Phi) is 3.70. The minimum absolute atomic E-state index is 0.748. The van der Waals surface area contributed by atoms with Crippen LogP contribution in [-0.2, 0) is 19.4 Å². The molecular formula is C19H23N5O. The number of aromatic nitrogens is 3. The Bertz CT molecular complexity index is 842. The van der Waals surface area contributed by atoms with Crippen molar-refractivity contribution in [3.05, 3.63) is 41.2 Å². The predicted octanol–water partition coefficient (Wildman–Crippen LogP) is 2.75. The van der Waals surface area contributed by atoms with E-state index < -0.39 is 0 Å². The molecule has 2 aliphatic rings. The lowest BCUT2D eigenvalue weighted by molar-refractivity contribution is 0.242. The van der Waals surface area contributed by atoms with Gasteiger partial charge in [-0.05, 0) is 43.4 Å². The summed E-state index contributed by atoms with van der Waals surface area (Å²) in [7, 11) is 0. The van der Waals surface area contributed by atoms with E-state index in [4.69, 9.17) is 4.42 Å². The molecule has 0 saturated carbocycles. The molecule has 5 rings (SSSR count). The van der Waals surface area contributed by atoms with E-state index in [1.807, 2.05) is 24.3 Å². The number of anilines is 1. The van der Waals surface area contributed by atoms with E-state index in [0.717, 1.165) is 56.3 Å². The largest absolute Gasteiger partial charge is 0.423 e. The summed E-state index contributed by atoms with van der Waals surface area (Å²) in [6, 6.07) is 8.71. The van der Waals surface area contributed by atoms with Crippen molar-refractivity contribution in [2.24, 2.45) is 0 Å². The quantitative estimate of drug-likeness (QED) is 0.796. The lowest BCUT2D eigenvalue weighted by atomic mass is 9.96. The van der Waals surface area contributed by atoms with Crippen molar-refractivity contribution < 1.29 is 4.42 Å². The number of aromatic amines is 1. The Morgan fingerprint density at radius 1 is 1.04 bits per heavy atom. The van der Waals surface area contributed by atoms with Gasteiger partial charge in [-0.2, -0.15) is 10.1 Å². The van der Waals surface area contributed by atoms with Gasteiger partial charge in [0.2, 0.25) is 0 Å². The van der Waals surface area contributed by atoms with E-state index in [0.29, 0.717) is 0 Å². The molecule has 0 spiro atoms. The highest BCUT2D eigenvalue weighted by Gasteiger charge is 2.23. The van der Waals surface area contributed by atoms with Gasteiger partial charge in [-0.15, -0.1) is 0 Å². The fourth-order valence-corrected chi connectivity index (χ4v) is 3.98. The third-order valence-corrected chi connectivity index (χ3v) is 5.44. The number of fused-ring (bicyclic) bond motifs is 2. The molecule has 130 valence electrons. The molecule has 1 aliphatic carbocycles. The first kappa shape index (κ1) is 15.0. The maximum Gasteiger partial charge on any atom is 0.298 e. The van der Waals surface area contributed by atoms with Crippen molar-refractivity contribution in [2.75, 3.05) is 31.1 Å². The molecule has 1 aromatic carbocycles. The molecule has 3 heterocycles. The third-order valence-electron chi connectivity index (χ3n) is 5.44. The number of para-hydroxylation sites is 2. The summed E-state index contributed by atoms with van der Waals surface area (Å²) in [6.45, 7) is 4.87. The van der Waals surface area contributed by atoms with Gasteiger partial charge in [-0.25, -0.2) is 0 Å². The molecule has 25 heavy (non-hydrogen) atoms. The molecular weight excluding hydrogens is 314 g/mol. The molecule has 6 nitrogen and oxygen atoms in total. The van der Waals surface area contributed by atoms with Crippen LogP contribution in [-0.4, -0.2) is 46.3 Å². The van der Waals surface area contributed by atoms with Crippen LogP contribution < -0.4 is 4.90 Å². The van der Waals surface area contributed by atoms with Gasteiger partial charge >= 0.3 is 0 Å². The van der Waals surface area contributed by atoms with Crippen molar-refractivity contribution in [1.29, 1.82) is 0 Å². The van der Waals surface area contributed by atoms with Crippen LogP contribution in [0.1, 0.15) is 29.8 Å². The van der Waals surface area contributed by atoms with E-state index in [2.05, 4.69) is 25.0 Å². The first-order valence-electron chi connectivity index (χ1n) is 9.25. The molecule has 0 amide bonds. The molecule has 1 saturated heterocycles. The number of rotatable bonds is 3. The summed E-state index contributed by atoms with van der Waals surface area (Å²) in [5, 5.41) is 7.84. The van der Waals surface area contributed by atoms with E-state index in [-0.39, 0.29) is 0 Å². The fourth-order valence-electron chi connectivity index (χ4n) is 3.98. The summed E-state index contributed by atoms with van der Waals surface area (Å²) in [5.41, 5.74) is 5.90. The van der Waals surface area contributed by atoms with E-state index >= 15 is 0 Å². The number of nitrogens with zero attached hydrogens (tertiary/aromatic N) is 4. The van der Waals surface area contributed by atoms with Gasteiger partial charge in [0.1, 0.15) is 5.52 Å². The zero-order valence-corrected chi connectivity index (χ0v) is 14.4. The number of benzene rings is 1. The van der Waals surface area contributed by atoms with Gasteiger partial charge in [0, 0.05) is 38.4 Å². The zero-order chi connectivity index (χ0) is 16.6. The van der Waals surface area contributed by atoms with E-state index in [1.165, 1.54) is 36.2 Å². The topological polar surface area (TPSA) is 61.2 Å². The second-order valence-corrected chi connectivity index (χ2v) is 7.06. The van der Waals surface area contributed by atoms with Crippen LogP contribution in [0.15, 0.2) is 28.7 Å². The average Bonchev–Trinajstić information content (AvgIpc) is 3.27. The van der Waals surface area contributed by atoms with Crippen molar-refractivity contribution in [3.8, 4) is 0 Å². The Hall–Kier alpha value is -2.34. The van der Waals surface area contributed by atoms with Gasteiger partial charge < -0.3 is 9.32 Å². The van der Waals surface area contributed by atoms with Crippen LogP contribution in [0.5, 0.6) is 0 Å². The lowest BCUT2D eigenvalue weighted by Gasteiger charge is -2.33. The van der Waals surface area contributed by atoms with Crippen LogP contribution in [0.4, 0.5) is 6.01 Å². The zero-order valence-electron chi connectivity index (χ0n) is 14.4. The normalized spacial score (nSPS) is 18.6. The highest BCUT2D eigenvalue weighted by Crippen LogP contribution is 2.25. The second-order valence-electron chi connectivity index (χ2n) is 7.06. The Balaban J connectivity index is 1.24. The molecule has 0 unspecified atom stereocenters. The summed E-state index contributed by atoms with van der Waals surface area (Å²) < 4.78 is 5.90. The average molecular weight is 337 g/mol. The van der Waals surface area contributed by atoms with Crippen LogP contribution >= 0.6 is 0 Å². The molecule has 1 fully saturated rings. The lowest BCUT2D eigenvalue weighted by Crippen LogP contribution is -2.46. The molecule has 6 heteroatoms. The summed E-state index contributed by atoms with van der Waals surface area (Å²) in [6.07, 6.45) is 4.93. The fraction of sp³-hybridized carbons (Fsp3) is 0.474. The molecule has 3 aromatic rings. The van der Waals surface area contributed by atoms with Gasteiger partial charge in [0.05, 0.1) is 5.69 Å². The Morgan fingerprint density at radius 2 is 1.88 bits per heavy atom. The minimum atomic E-state index is 0.748. The van der Waals surface area contributed by atoms with Crippen molar-refractivity contribution in [2.45, 2.75) is 32.2 Å². The van der Waals surface area contributed by atoms with Crippen molar-refractivity contribution in [3.63, 3.8) is 0 Å². The number of aryl methyl sites for hydroxylation is 1. The van der Waals surface area contributed by atoms with E-state index in [9.17, 15) is 0 Å². The first-order chi connectivity index (χ1) is 12.4. The molecule has 1 aliphatic heterocycles. The van der Waals surface area contributed by atoms with Gasteiger partial charge in [-0.1, -0.05) is 12.1 Å². The van der Waals surface area contributed by atoms with Crippen LogP contribution in [0.3, 0.4) is 0 Å². The molecule has 2 aromatic heterocycles. The molecule has 0 radical (unpaired) electrons. The number of H-pyrrole nitrogens is 1. The number of hydrogen-bond donors (Lipinski definition) is 1. The Morgan fingerprint density at radius 3 is 2.76 bits per heavy atom. The van der Waals surface area contributed by atoms with Gasteiger partial charge in [0.25, 0.3) is 6.01 Å².